The van der Waals surface area contributed by atoms with E-state index in [-0.39, 0.29) is 17.9 Å². The van der Waals surface area contributed by atoms with Gasteiger partial charge in [0, 0.05) is 17.6 Å². The van der Waals surface area contributed by atoms with Gasteiger partial charge in [0.15, 0.2) is 0 Å². The summed E-state index contributed by atoms with van der Waals surface area (Å²) in [6.07, 6.45) is 3.04. The van der Waals surface area contributed by atoms with Crippen LogP contribution in [0.2, 0.25) is 0 Å². The molecule has 1 aliphatic rings. The minimum Gasteiger partial charge on any atom is -0.491 e. The summed E-state index contributed by atoms with van der Waals surface area (Å²) in [6, 6.07) is 14.8. The Balaban J connectivity index is 1.55. The maximum absolute atomic E-state index is 13.7. The summed E-state index contributed by atoms with van der Waals surface area (Å²) in [5, 5.41) is 5.87. The number of alkyl halides is 3. The smallest absolute Gasteiger partial charge is 0.421 e. The van der Waals surface area contributed by atoms with E-state index in [0.29, 0.717) is 17.3 Å². The van der Waals surface area contributed by atoms with E-state index in [4.69, 9.17) is 4.74 Å². The van der Waals surface area contributed by atoms with Crippen molar-refractivity contribution in [2.45, 2.75) is 70.6 Å². The molecule has 1 aromatic heterocycles. The first-order valence-corrected chi connectivity index (χ1v) is 12.2. The standard InChI is InChI=1S/C27H31F3N4O/c1-3-18(2)35-23-14-12-21(13-15-23)33-26-31-17-24(27(28,29)30)25(34-26)32-22-11-7-10-20(16-22)19-8-5-4-6-9-19/h7,10-19H,3-6,8-9H2,1-2H3,(H2,31,32,33,34). The number of halogens is 3. The number of rotatable bonds is 8. The summed E-state index contributed by atoms with van der Waals surface area (Å²) < 4.78 is 46.9. The molecule has 0 saturated heterocycles. The number of hydrogen-bond acceptors (Lipinski definition) is 5. The Hall–Kier alpha value is -3.29. The third-order valence-electron chi connectivity index (χ3n) is 6.34. The molecule has 1 aliphatic carbocycles. The van der Waals surface area contributed by atoms with E-state index in [0.717, 1.165) is 36.8 Å². The molecule has 8 heteroatoms. The van der Waals surface area contributed by atoms with Gasteiger partial charge in [-0.3, -0.25) is 0 Å². The van der Waals surface area contributed by atoms with E-state index in [2.05, 4.69) is 20.6 Å². The maximum Gasteiger partial charge on any atom is 0.421 e. The van der Waals surface area contributed by atoms with E-state index in [1.807, 2.05) is 32.0 Å². The monoisotopic (exact) mass is 484 g/mol. The van der Waals surface area contributed by atoms with Crippen LogP contribution in [0.25, 0.3) is 0 Å². The predicted octanol–water partition coefficient (Wildman–Crippen LogP) is 8.21. The molecule has 0 amide bonds. The highest BCUT2D eigenvalue weighted by Gasteiger charge is 2.35. The molecule has 0 spiro atoms. The van der Waals surface area contributed by atoms with Crippen LogP contribution in [0.3, 0.4) is 0 Å². The lowest BCUT2D eigenvalue weighted by atomic mass is 9.84. The average molecular weight is 485 g/mol. The van der Waals surface area contributed by atoms with Crippen LogP contribution < -0.4 is 15.4 Å². The van der Waals surface area contributed by atoms with Crippen molar-refractivity contribution < 1.29 is 17.9 Å². The van der Waals surface area contributed by atoms with Crippen LogP contribution in [-0.4, -0.2) is 16.1 Å². The molecule has 3 aromatic rings. The third-order valence-corrected chi connectivity index (χ3v) is 6.34. The Morgan fingerprint density at radius 1 is 1.00 bits per heavy atom. The SMILES string of the molecule is CCC(C)Oc1ccc(Nc2ncc(C(F)(F)F)c(Nc3cccc(C4CCCCC4)c3)n2)cc1. The summed E-state index contributed by atoms with van der Waals surface area (Å²) >= 11 is 0. The second-order valence-corrected chi connectivity index (χ2v) is 9.03. The van der Waals surface area contributed by atoms with E-state index in [1.54, 1.807) is 30.3 Å². The maximum atomic E-state index is 13.7. The lowest BCUT2D eigenvalue weighted by molar-refractivity contribution is -0.137. The van der Waals surface area contributed by atoms with Crippen LogP contribution in [0.15, 0.2) is 54.7 Å². The van der Waals surface area contributed by atoms with E-state index in [1.165, 1.54) is 19.3 Å². The van der Waals surface area contributed by atoms with Gasteiger partial charge in [-0.1, -0.05) is 38.3 Å². The fourth-order valence-electron chi connectivity index (χ4n) is 4.25. The van der Waals surface area contributed by atoms with Crippen molar-refractivity contribution in [1.29, 1.82) is 0 Å². The lowest BCUT2D eigenvalue weighted by Crippen LogP contribution is -2.13. The predicted molar refractivity (Wildman–Crippen MR) is 133 cm³/mol. The number of anilines is 4. The average Bonchev–Trinajstić information content (AvgIpc) is 2.85. The quantitative estimate of drug-likeness (QED) is 0.337. The molecule has 1 saturated carbocycles. The Bertz CT molecular complexity index is 1110. The molecule has 0 radical (unpaired) electrons. The zero-order valence-electron chi connectivity index (χ0n) is 20.0. The number of nitrogens with one attached hydrogen (secondary N) is 2. The first kappa shape index (κ1) is 24.8. The van der Waals surface area contributed by atoms with Crippen LogP contribution in [0.4, 0.5) is 36.3 Å². The Morgan fingerprint density at radius 2 is 1.74 bits per heavy atom. The van der Waals surface area contributed by atoms with Crippen molar-refractivity contribution in [3.05, 3.63) is 65.9 Å². The van der Waals surface area contributed by atoms with Crippen LogP contribution >= 0.6 is 0 Å². The van der Waals surface area contributed by atoms with Gasteiger partial charge in [-0.05, 0) is 74.1 Å². The summed E-state index contributed by atoms with van der Waals surface area (Å²) in [5.74, 6) is 0.952. The van der Waals surface area contributed by atoms with Crippen LogP contribution in [-0.2, 0) is 6.18 Å². The number of aromatic nitrogens is 2. The van der Waals surface area contributed by atoms with Crippen molar-refractivity contribution in [2.75, 3.05) is 10.6 Å². The highest BCUT2D eigenvalue weighted by atomic mass is 19.4. The first-order valence-electron chi connectivity index (χ1n) is 12.2. The van der Waals surface area contributed by atoms with Crippen molar-refractivity contribution in [3.63, 3.8) is 0 Å². The topological polar surface area (TPSA) is 59.1 Å². The molecule has 4 rings (SSSR count). The molecule has 5 nitrogen and oxygen atoms in total. The van der Waals surface area contributed by atoms with Gasteiger partial charge in [-0.2, -0.15) is 18.2 Å². The van der Waals surface area contributed by atoms with Crippen LogP contribution in [0.5, 0.6) is 5.75 Å². The fraction of sp³-hybridized carbons (Fsp3) is 0.407. The normalized spacial score (nSPS) is 15.5. The number of nitrogens with zero attached hydrogens (tertiary/aromatic N) is 2. The van der Waals surface area contributed by atoms with Crippen molar-refractivity contribution >= 4 is 23.1 Å². The van der Waals surface area contributed by atoms with Gasteiger partial charge >= 0.3 is 6.18 Å². The Labute approximate surface area is 204 Å². The summed E-state index contributed by atoms with van der Waals surface area (Å²) in [7, 11) is 0. The first-order chi connectivity index (χ1) is 16.8. The summed E-state index contributed by atoms with van der Waals surface area (Å²) in [5.41, 5.74) is 1.46. The number of ether oxygens (including phenoxy) is 1. The largest absolute Gasteiger partial charge is 0.491 e. The Kier molecular flexibility index (Phi) is 7.78. The third kappa shape index (κ3) is 6.65. The second-order valence-electron chi connectivity index (χ2n) is 9.03. The Morgan fingerprint density at radius 3 is 2.43 bits per heavy atom. The minimum atomic E-state index is -4.59. The fourth-order valence-corrected chi connectivity index (χ4v) is 4.25. The van der Waals surface area contributed by atoms with Gasteiger partial charge in [0.05, 0.1) is 6.10 Å². The molecule has 0 bridgehead atoms. The van der Waals surface area contributed by atoms with E-state index < -0.39 is 11.7 Å². The van der Waals surface area contributed by atoms with Crippen LogP contribution in [0, 0.1) is 0 Å². The van der Waals surface area contributed by atoms with Gasteiger partial charge in [-0.25, -0.2) is 4.98 Å². The molecule has 1 atom stereocenters. The van der Waals surface area contributed by atoms with Crippen molar-refractivity contribution in [1.82, 2.24) is 9.97 Å². The second kappa shape index (κ2) is 11.0. The van der Waals surface area contributed by atoms with E-state index in [9.17, 15) is 13.2 Å². The van der Waals surface area contributed by atoms with Gasteiger partial charge in [-0.15, -0.1) is 0 Å². The van der Waals surface area contributed by atoms with Crippen LogP contribution in [0.1, 0.15) is 69.4 Å². The van der Waals surface area contributed by atoms with E-state index >= 15 is 0 Å². The zero-order chi connectivity index (χ0) is 24.8. The summed E-state index contributed by atoms with van der Waals surface area (Å²) in [4.78, 5) is 8.08. The molecule has 0 aliphatic heterocycles. The molecular formula is C27H31F3N4O. The molecule has 1 fully saturated rings. The van der Waals surface area contributed by atoms with Crippen molar-refractivity contribution in [2.24, 2.45) is 0 Å². The zero-order valence-corrected chi connectivity index (χ0v) is 20.0. The number of benzene rings is 2. The lowest BCUT2D eigenvalue weighted by Gasteiger charge is -2.22. The molecule has 1 unspecified atom stereocenters. The van der Waals surface area contributed by atoms with Crippen molar-refractivity contribution in [3.8, 4) is 5.75 Å². The molecule has 35 heavy (non-hydrogen) atoms. The molecule has 186 valence electrons. The molecule has 2 N–H and O–H groups in total. The molecule has 1 heterocycles. The van der Waals surface area contributed by atoms with Gasteiger partial charge in [0.1, 0.15) is 17.1 Å². The van der Waals surface area contributed by atoms with Gasteiger partial charge in [0.2, 0.25) is 5.95 Å². The minimum absolute atomic E-state index is 0.0690. The van der Waals surface area contributed by atoms with Gasteiger partial charge < -0.3 is 15.4 Å². The highest BCUT2D eigenvalue weighted by molar-refractivity contribution is 5.63. The highest BCUT2D eigenvalue weighted by Crippen LogP contribution is 2.37. The summed E-state index contributed by atoms with van der Waals surface area (Å²) in [6.45, 7) is 4.03. The van der Waals surface area contributed by atoms with Gasteiger partial charge in [0.25, 0.3) is 0 Å². The number of hydrogen-bond donors (Lipinski definition) is 2. The molecular weight excluding hydrogens is 453 g/mol. The molecule has 2 aromatic carbocycles.